The molecule has 7 nitrogen and oxygen atoms in total. The van der Waals surface area contributed by atoms with Crippen LogP contribution in [0.2, 0.25) is 5.15 Å². The molecule has 0 radical (unpaired) electrons. The van der Waals surface area contributed by atoms with Gasteiger partial charge in [-0.1, -0.05) is 74.5 Å². The number of aromatic nitrogens is 2. The normalized spacial score (nSPS) is 12.4. The number of aryl methyl sites for hydroxylation is 1. The van der Waals surface area contributed by atoms with Gasteiger partial charge in [0.05, 0.1) is 0 Å². The lowest BCUT2D eigenvalue weighted by molar-refractivity contribution is 0.0685. The molecular formula is C22H26ClN5O2. The van der Waals surface area contributed by atoms with Crippen molar-refractivity contribution in [3.63, 3.8) is 0 Å². The van der Waals surface area contributed by atoms with Crippen molar-refractivity contribution in [2.45, 2.75) is 32.7 Å². The van der Waals surface area contributed by atoms with Crippen LogP contribution >= 0.6 is 11.6 Å². The molecule has 0 atom stereocenters. The fraction of sp³-hybridized carbons (Fsp3) is 0.227. The number of carboxylic acid groups (broad SMARTS) is 1. The highest BCUT2D eigenvalue weighted by molar-refractivity contribution is 6.32. The van der Waals surface area contributed by atoms with Gasteiger partial charge < -0.3 is 21.2 Å². The van der Waals surface area contributed by atoms with E-state index in [1.807, 2.05) is 24.3 Å². The first kappa shape index (κ1) is 23.0. The quantitative estimate of drug-likeness (QED) is 0.174. The van der Waals surface area contributed by atoms with Gasteiger partial charge in [0.2, 0.25) is 0 Å². The van der Waals surface area contributed by atoms with E-state index in [1.165, 1.54) is 0 Å². The maximum absolute atomic E-state index is 11.7. The third kappa shape index (κ3) is 4.99. The Labute approximate surface area is 181 Å². The number of allylic oxidation sites excluding steroid dienone is 2. The molecule has 5 N–H and O–H groups in total. The number of carbonyl (C=O) groups is 1. The number of nitrogens with zero attached hydrogens (tertiary/aromatic N) is 3. The molecular weight excluding hydrogens is 402 g/mol. The molecule has 2 rings (SSSR count). The van der Waals surface area contributed by atoms with Crippen LogP contribution < -0.4 is 11.6 Å². The van der Waals surface area contributed by atoms with Crippen molar-refractivity contribution < 1.29 is 9.90 Å². The van der Waals surface area contributed by atoms with E-state index >= 15 is 0 Å². The van der Waals surface area contributed by atoms with Crippen LogP contribution in [-0.4, -0.2) is 26.5 Å². The molecule has 0 fully saturated rings. The maximum Gasteiger partial charge on any atom is 0.355 e. The molecule has 0 saturated heterocycles. The molecule has 0 bridgehead atoms. The number of nitrogens with two attached hydrogens (primary N) is 2. The van der Waals surface area contributed by atoms with Gasteiger partial charge in [-0.15, -0.1) is 0 Å². The van der Waals surface area contributed by atoms with E-state index in [-0.39, 0.29) is 16.7 Å². The molecule has 1 aromatic carbocycles. The van der Waals surface area contributed by atoms with Crippen molar-refractivity contribution in [1.82, 2.24) is 9.55 Å². The van der Waals surface area contributed by atoms with Crippen molar-refractivity contribution >= 4 is 29.0 Å². The average molecular weight is 428 g/mol. The van der Waals surface area contributed by atoms with Crippen molar-refractivity contribution in [3.05, 3.63) is 82.9 Å². The van der Waals surface area contributed by atoms with Gasteiger partial charge in [0.25, 0.3) is 0 Å². The molecule has 8 heteroatoms. The maximum atomic E-state index is 11.7. The second-order valence-corrected chi connectivity index (χ2v) is 6.97. The van der Waals surface area contributed by atoms with Crippen LogP contribution in [0.4, 0.5) is 0 Å². The second-order valence-electron chi connectivity index (χ2n) is 6.61. The van der Waals surface area contributed by atoms with E-state index < -0.39 is 5.97 Å². The van der Waals surface area contributed by atoms with E-state index in [1.54, 1.807) is 16.7 Å². The Hall–Kier alpha value is -3.32. The molecule has 0 aliphatic carbocycles. The van der Waals surface area contributed by atoms with Crippen LogP contribution in [0.25, 0.3) is 5.57 Å². The van der Waals surface area contributed by atoms with Crippen LogP contribution in [0.1, 0.15) is 47.2 Å². The summed E-state index contributed by atoms with van der Waals surface area (Å²) >= 11 is 6.10. The Morgan fingerprint density at radius 2 is 1.97 bits per heavy atom. The summed E-state index contributed by atoms with van der Waals surface area (Å²) in [6.07, 6.45) is 5.76. The smallest absolute Gasteiger partial charge is 0.355 e. The minimum absolute atomic E-state index is 0.000558. The number of aromatic carboxylic acids is 1. The van der Waals surface area contributed by atoms with Gasteiger partial charge >= 0.3 is 5.97 Å². The van der Waals surface area contributed by atoms with Crippen molar-refractivity contribution in [3.8, 4) is 0 Å². The van der Waals surface area contributed by atoms with Gasteiger partial charge in [-0.25, -0.2) is 9.78 Å². The highest BCUT2D eigenvalue weighted by Crippen LogP contribution is 2.24. The summed E-state index contributed by atoms with van der Waals surface area (Å²) in [4.78, 5) is 16.0. The highest BCUT2D eigenvalue weighted by atomic mass is 35.5. The number of imidazole rings is 1. The zero-order chi connectivity index (χ0) is 22.3. The van der Waals surface area contributed by atoms with Crippen molar-refractivity contribution in [2.24, 2.45) is 16.7 Å². The SMILES string of the molecule is C=CC(/C(N)=N/N)=C(\C=C)c1ccc(Cn2c(CCCC)nc(Cl)c2C(=O)O)cc1. The van der Waals surface area contributed by atoms with Crippen LogP contribution in [-0.2, 0) is 13.0 Å². The topological polar surface area (TPSA) is 120 Å². The summed E-state index contributed by atoms with van der Waals surface area (Å²) in [5, 5.41) is 13.1. The molecule has 0 aliphatic heterocycles. The zero-order valence-electron chi connectivity index (χ0n) is 16.9. The highest BCUT2D eigenvalue weighted by Gasteiger charge is 2.21. The van der Waals surface area contributed by atoms with Gasteiger partial charge in [0.15, 0.2) is 16.7 Å². The third-order valence-corrected chi connectivity index (χ3v) is 4.94. The Morgan fingerprint density at radius 1 is 1.30 bits per heavy atom. The zero-order valence-corrected chi connectivity index (χ0v) is 17.7. The molecule has 1 aromatic heterocycles. The Balaban J connectivity index is 2.43. The molecule has 0 amide bonds. The number of halogens is 1. The second kappa shape index (κ2) is 10.5. The van der Waals surface area contributed by atoms with Gasteiger partial charge in [0.1, 0.15) is 5.82 Å². The first-order valence-electron chi connectivity index (χ1n) is 9.48. The predicted octanol–water partition coefficient (Wildman–Crippen LogP) is 3.98. The number of rotatable bonds is 10. The van der Waals surface area contributed by atoms with Gasteiger partial charge in [-0.2, -0.15) is 5.10 Å². The Bertz CT molecular complexity index is 1000. The number of hydrogen-bond donors (Lipinski definition) is 3. The molecule has 2 aromatic rings. The minimum atomic E-state index is -1.10. The van der Waals surface area contributed by atoms with Crippen LogP contribution in [0.15, 0.2) is 60.2 Å². The molecule has 0 aliphatic rings. The summed E-state index contributed by atoms with van der Waals surface area (Å²) in [6, 6.07) is 7.59. The van der Waals surface area contributed by atoms with Gasteiger partial charge in [0, 0.05) is 18.5 Å². The molecule has 30 heavy (non-hydrogen) atoms. The summed E-state index contributed by atoms with van der Waals surface area (Å²) in [6.45, 7) is 10.0. The average Bonchev–Trinajstić information content (AvgIpc) is 3.05. The van der Waals surface area contributed by atoms with Crippen molar-refractivity contribution in [1.29, 1.82) is 0 Å². The molecule has 158 valence electrons. The van der Waals surface area contributed by atoms with Gasteiger partial charge in [-0.3, -0.25) is 0 Å². The third-order valence-electron chi connectivity index (χ3n) is 4.68. The number of hydrogen-bond acceptors (Lipinski definition) is 4. The lowest BCUT2D eigenvalue weighted by Gasteiger charge is -2.12. The summed E-state index contributed by atoms with van der Waals surface area (Å²) in [5.41, 5.74) is 8.92. The number of amidine groups is 1. The number of hydrazone groups is 1. The lowest BCUT2D eigenvalue weighted by Crippen LogP contribution is -2.17. The van der Waals surface area contributed by atoms with Crippen molar-refractivity contribution in [2.75, 3.05) is 0 Å². The molecule has 0 spiro atoms. The van der Waals surface area contributed by atoms with E-state index in [0.29, 0.717) is 24.4 Å². The number of carboxylic acids is 1. The summed E-state index contributed by atoms with van der Waals surface area (Å²) in [7, 11) is 0. The fourth-order valence-corrected chi connectivity index (χ4v) is 3.42. The summed E-state index contributed by atoms with van der Waals surface area (Å²) in [5.74, 6) is 5.02. The number of unbranched alkanes of at least 4 members (excludes halogenated alkanes) is 1. The van der Waals surface area contributed by atoms with Crippen LogP contribution in [0, 0.1) is 0 Å². The van der Waals surface area contributed by atoms with E-state index in [9.17, 15) is 9.90 Å². The molecule has 0 unspecified atom stereocenters. The minimum Gasteiger partial charge on any atom is -0.476 e. The van der Waals surface area contributed by atoms with Crippen LogP contribution in [0.5, 0.6) is 0 Å². The van der Waals surface area contributed by atoms with E-state index in [0.717, 1.165) is 29.5 Å². The standard InChI is InChI=1S/C22H26ClN5O2/c1-4-7-8-18-26-20(23)19(22(29)30)28(18)13-14-9-11-15(12-10-14)16(5-2)17(6-3)21(24)27-25/h5-6,9-12H,2-4,7-8,13,25H2,1H3,(H2,24,27)(H,29,30)/b17-16-. The Kier molecular flexibility index (Phi) is 8.00. The molecule has 1 heterocycles. The largest absolute Gasteiger partial charge is 0.476 e. The fourth-order valence-electron chi connectivity index (χ4n) is 3.14. The molecule has 0 saturated carbocycles. The van der Waals surface area contributed by atoms with Crippen LogP contribution in [0.3, 0.4) is 0 Å². The van der Waals surface area contributed by atoms with E-state index in [4.69, 9.17) is 23.2 Å². The Morgan fingerprint density at radius 3 is 2.47 bits per heavy atom. The number of benzene rings is 1. The van der Waals surface area contributed by atoms with E-state index in [2.05, 4.69) is 30.2 Å². The summed E-state index contributed by atoms with van der Waals surface area (Å²) < 4.78 is 1.66. The lowest BCUT2D eigenvalue weighted by atomic mass is 9.98. The first-order chi connectivity index (χ1) is 14.4. The predicted molar refractivity (Wildman–Crippen MR) is 121 cm³/mol. The monoisotopic (exact) mass is 427 g/mol. The first-order valence-corrected chi connectivity index (χ1v) is 9.86. The van der Waals surface area contributed by atoms with Gasteiger partial charge in [-0.05, 0) is 23.1 Å².